The predicted molar refractivity (Wildman–Crippen MR) is 81.1 cm³/mol. The summed E-state index contributed by atoms with van der Waals surface area (Å²) in [6.07, 6.45) is 1.79. The second kappa shape index (κ2) is 6.95. The minimum absolute atomic E-state index is 0.0143. The van der Waals surface area contributed by atoms with Crippen LogP contribution in [0.5, 0.6) is 5.75 Å². The van der Waals surface area contributed by atoms with Crippen LogP contribution in [0.1, 0.15) is 19.8 Å². The zero-order chi connectivity index (χ0) is 14.5. The van der Waals surface area contributed by atoms with E-state index in [0.29, 0.717) is 18.8 Å². The molecule has 1 fully saturated rings. The quantitative estimate of drug-likeness (QED) is 0.884. The molecule has 0 saturated carbocycles. The SMILES string of the molecule is CCOc1ccc(NC(=O)N2CCC[C@@H]2CO)cc1Br. The zero-order valence-electron chi connectivity index (χ0n) is 11.4. The highest BCUT2D eigenvalue weighted by Gasteiger charge is 2.28. The van der Waals surface area contributed by atoms with E-state index >= 15 is 0 Å². The lowest BCUT2D eigenvalue weighted by atomic mass is 10.2. The first-order valence-electron chi connectivity index (χ1n) is 6.76. The van der Waals surface area contributed by atoms with Gasteiger partial charge in [-0.2, -0.15) is 0 Å². The number of urea groups is 1. The number of amides is 2. The van der Waals surface area contributed by atoms with E-state index in [-0.39, 0.29) is 18.7 Å². The number of likely N-dealkylation sites (tertiary alicyclic amines) is 1. The number of aliphatic hydroxyl groups is 1. The highest BCUT2D eigenvalue weighted by molar-refractivity contribution is 9.10. The van der Waals surface area contributed by atoms with Crippen LogP contribution in [0.2, 0.25) is 0 Å². The maximum atomic E-state index is 12.2. The molecule has 1 aromatic carbocycles. The van der Waals surface area contributed by atoms with Gasteiger partial charge in [0.25, 0.3) is 0 Å². The van der Waals surface area contributed by atoms with Crippen molar-refractivity contribution in [1.82, 2.24) is 4.90 Å². The van der Waals surface area contributed by atoms with E-state index in [4.69, 9.17) is 4.74 Å². The summed E-state index contributed by atoms with van der Waals surface area (Å²) in [4.78, 5) is 13.8. The van der Waals surface area contributed by atoms with Crippen molar-refractivity contribution in [1.29, 1.82) is 0 Å². The third-order valence-corrected chi connectivity index (χ3v) is 3.95. The van der Waals surface area contributed by atoms with Gasteiger partial charge in [0.1, 0.15) is 5.75 Å². The molecule has 1 heterocycles. The van der Waals surface area contributed by atoms with Crippen molar-refractivity contribution >= 4 is 27.6 Å². The van der Waals surface area contributed by atoms with E-state index in [0.717, 1.165) is 23.1 Å². The van der Waals surface area contributed by atoms with Crippen LogP contribution in [-0.2, 0) is 0 Å². The number of anilines is 1. The molecule has 2 rings (SSSR count). The summed E-state index contributed by atoms with van der Waals surface area (Å²) in [7, 11) is 0. The zero-order valence-corrected chi connectivity index (χ0v) is 13.0. The molecule has 0 spiro atoms. The Morgan fingerprint density at radius 3 is 3.05 bits per heavy atom. The molecule has 2 N–H and O–H groups in total. The Labute approximate surface area is 127 Å². The maximum Gasteiger partial charge on any atom is 0.322 e. The fourth-order valence-electron chi connectivity index (χ4n) is 2.34. The first-order valence-corrected chi connectivity index (χ1v) is 7.55. The maximum absolute atomic E-state index is 12.2. The molecule has 1 aliphatic heterocycles. The second-order valence-electron chi connectivity index (χ2n) is 4.68. The Kier molecular flexibility index (Phi) is 5.25. The molecule has 1 atom stereocenters. The Morgan fingerprint density at radius 2 is 2.40 bits per heavy atom. The number of nitrogens with zero attached hydrogens (tertiary/aromatic N) is 1. The smallest absolute Gasteiger partial charge is 0.322 e. The van der Waals surface area contributed by atoms with Gasteiger partial charge in [0.05, 0.1) is 23.7 Å². The first kappa shape index (κ1) is 15.1. The standard InChI is InChI=1S/C14H19BrN2O3/c1-2-20-13-6-5-10(8-12(13)15)16-14(19)17-7-3-4-11(17)9-18/h5-6,8,11,18H,2-4,7,9H2,1H3,(H,16,19)/t11-/m1/s1. The minimum Gasteiger partial charge on any atom is -0.493 e. The van der Waals surface area contributed by atoms with Crippen LogP contribution in [0.4, 0.5) is 10.5 Å². The van der Waals surface area contributed by atoms with Crippen LogP contribution in [0, 0.1) is 0 Å². The van der Waals surface area contributed by atoms with Gasteiger partial charge in [0.2, 0.25) is 0 Å². The van der Waals surface area contributed by atoms with Gasteiger partial charge >= 0.3 is 6.03 Å². The van der Waals surface area contributed by atoms with Gasteiger partial charge in [0.15, 0.2) is 0 Å². The number of nitrogens with one attached hydrogen (secondary N) is 1. The fraction of sp³-hybridized carbons (Fsp3) is 0.500. The second-order valence-corrected chi connectivity index (χ2v) is 5.53. The first-order chi connectivity index (χ1) is 9.65. The number of hydrogen-bond donors (Lipinski definition) is 2. The normalized spacial score (nSPS) is 18.1. The van der Waals surface area contributed by atoms with Crippen molar-refractivity contribution in [3.8, 4) is 5.75 Å². The fourth-order valence-corrected chi connectivity index (χ4v) is 2.83. The summed E-state index contributed by atoms with van der Waals surface area (Å²) < 4.78 is 6.23. The predicted octanol–water partition coefficient (Wildman–Crippen LogP) is 2.84. The number of ether oxygens (including phenoxy) is 1. The molecule has 6 heteroatoms. The Bertz CT molecular complexity index is 481. The van der Waals surface area contributed by atoms with Crippen LogP contribution in [-0.4, -0.2) is 41.8 Å². The lowest BCUT2D eigenvalue weighted by Crippen LogP contribution is -2.40. The number of aliphatic hydroxyl groups excluding tert-OH is 1. The van der Waals surface area contributed by atoms with Gasteiger partial charge in [-0.3, -0.25) is 0 Å². The van der Waals surface area contributed by atoms with E-state index < -0.39 is 0 Å². The molecule has 1 aromatic rings. The number of halogens is 1. The monoisotopic (exact) mass is 342 g/mol. The van der Waals surface area contributed by atoms with Crippen LogP contribution >= 0.6 is 15.9 Å². The molecule has 20 heavy (non-hydrogen) atoms. The number of carbonyl (C=O) groups excluding carboxylic acids is 1. The molecule has 2 amide bonds. The van der Waals surface area contributed by atoms with Crippen molar-refractivity contribution < 1.29 is 14.6 Å². The average molecular weight is 343 g/mol. The molecule has 0 bridgehead atoms. The molecule has 0 unspecified atom stereocenters. The van der Waals surface area contributed by atoms with Crippen molar-refractivity contribution in [2.75, 3.05) is 25.1 Å². The molecule has 110 valence electrons. The largest absolute Gasteiger partial charge is 0.493 e. The Morgan fingerprint density at radius 1 is 1.60 bits per heavy atom. The van der Waals surface area contributed by atoms with Gasteiger partial charge in [0, 0.05) is 12.2 Å². The van der Waals surface area contributed by atoms with Gasteiger partial charge < -0.3 is 20.1 Å². The number of hydrogen-bond acceptors (Lipinski definition) is 3. The number of carbonyl (C=O) groups is 1. The summed E-state index contributed by atoms with van der Waals surface area (Å²) in [6.45, 7) is 3.22. The van der Waals surface area contributed by atoms with Crippen molar-refractivity contribution in [3.63, 3.8) is 0 Å². The highest BCUT2D eigenvalue weighted by atomic mass is 79.9. The highest BCUT2D eigenvalue weighted by Crippen LogP contribution is 2.28. The van der Waals surface area contributed by atoms with Crippen LogP contribution in [0.3, 0.4) is 0 Å². The van der Waals surface area contributed by atoms with Gasteiger partial charge in [-0.1, -0.05) is 0 Å². The summed E-state index contributed by atoms with van der Waals surface area (Å²) in [5, 5.41) is 12.1. The van der Waals surface area contributed by atoms with E-state index in [9.17, 15) is 9.90 Å². The molecule has 1 aliphatic rings. The lowest BCUT2D eigenvalue weighted by Gasteiger charge is -2.23. The summed E-state index contributed by atoms with van der Waals surface area (Å²) in [5.41, 5.74) is 0.703. The average Bonchev–Trinajstić information content (AvgIpc) is 2.90. The van der Waals surface area contributed by atoms with Gasteiger partial charge in [-0.15, -0.1) is 0 Å². The van der Waals surface area contributed by atoms with Crippen molar-refractivity contribution in [3.05, 3.63) is 22.7 Å². The summed E-state index contributed by atoms with van der Waals surface area (Å²) >= 11 is 3.42. The van der Waals surface area contributed by atoms with Crippen molar-refractivity contribution in [2.45, 2.75) is 25.8 Å². The van der Waals surface area contributed by atoms with Gasteiger partial charge in [-0.05, 0) is 53.9 Å². The molecule has 1 saturated heterocycles. The van der Waals surface area contributed by atoms with Crippen LogP contribution in [0.25, 0.3) is 0 Å². The molecule has 0 aliphatic carbocycles. The van der Waals surface area contributed by atoms with Crippen molar-refractivity contribution in [2.24, 2.45) is 0 Å². The summed E-state index contributed by atoms with van der Waals surface area (Å²) in [6, 6.07) is 5.19. The Balaban J connectivity index is 2.02. The molecule has 5 nitrogen and oxygen atoms in total. The third-order valence-electron chi connectivity index (χ3n) is 3.33. The number of rotatable bonds is 4. The van der Waals surface area contributed by atoms with E-state index in [1.165, 1.54) is 0 Å². The number of benzene rings is 1. The lowest BCUT2D eigenvalue weighted by molar-refractivity contribution is 0.166. The summed E-state index contributed by atoms with van der Waals surface area (Å²) in [5.74, 6) is 0.750. The van der Waals surface area contributed by atoms with E-state index in [1.54, 1.807) is 11.0 Å². The molecular formula is C14H19BrN2O3. The van der Waals surface area contributed by atoms with Crippen LogP contribution < -0.4 is 10.1 Å². The molecule has 0 aromatic heterocycles. The third kappa shape index (κ3) is 3.43. The van der Waals surface area contributed by atoms with Crippen LogP contribution in [0.15, 0.2) is 22.7 Å². The topological polar surface area (TPSA) is 61.8 Å². The van der Waals surface area contributed by atoms with E-state index in [2.05, 4.69) is 21.2 Å². The molecular weight excluding hydrogens is 324 g/mol. The van der Waals surface area contributed by atoms with E-state index in [1.807, 2.05) is 19.1 Å². The van der Waals surface area contributed by atoms with Gasteiger partial charge in [-0.25, -0.2) is 4.79 Å². The Hall–Kier alpha value is -1.27. The minimum atomic E-state index is -0.169. The molecule has 0 radical (unpaired) electrons.